The fourth-order valence-electron chi connectivity index (χ4n) is 1.11. The summed E-state index contributed by atoms with van der Waals surface area (Å²) >= 11 is 0. The van der Waals surface area contributed by atoms with Crippen molar-refractivity contribution in [1.29, 1.82) is 0 Å². The molecule has 0 fully saturated rings. The fraction of sp³-hybridized carbons (Fsp3) is 0.167. The predicted molar refractivity (Wildman–Crippen MR) is 57.8 cm³/mol. The minimum Gasteiger partial charge on any atom is -0.478 e. The molecule has 0 spiro atoms. The Kier molecular flexibility index (Phi) is 4.27. The zero-order valence-corrected chi connectivity index (χ0v) is 8.84. The first kappa shape index (κ1) is 12.0. The molecule has 4 nitrogen and oxygen atoms in total. The van der Waals surface area contributed by atoms with E-state index in [1.165, 1.54) is 0 Å². The minimum atomic E-state index is -1.17. The number of aliphatic carboxylic acids is 1. The van der Waals surface area contributed by atoms with Crippen LogP contribution in [-0.2, 0) is 20.9 Å². The third-order valence-electron chi connectivity index (χ3n) is 1.99. The van der Waals surface area contributed by atoms with Gasteiger partial charge in [0.2, 0.25) is 0 Å². The summed E-state index contributed by atoms with van der Waals surface area (Å²) in [6.45, 7) is 2.06. The summed E-state index contributed by atoms with van der Waals surface area (Å²) < 4.78 is 4.87. The second-order valence-electron chi connectivity index (χ2n) is 3.21. The molecular weight excluding hydrogens is 208 g/mol. The zero-order valence-electron chi connectivity index (χ0n) is 8.84. The van der Waals surface area contributed by atoms with E-state index in [0.29, 0.717) is 0 Å². The second kappa shape index (κ2) is 5.70. The van der Waals surface area contributed by atoms with Gasteiger partial charge in [0.15, 0.2) is 0 Å². The van der Waals surface area contributed by atoms with Crippen LogP contribution in [0.1, 0.15) is 11.1 Å². The Morgan fingerprint density at radius 3 is 2.62 bits per heavy atom. The number of rotatable bonds is 4. The molecule has 0 aliphatic carbocycles. The molecule has 1 rings (SSSR count). The molecular formula is C12H12O4. The van der Waals surface area contributed by atoms with Gasteiger partial charge in [0.25, 0.3) is 0 Å². The Morgan fingerprint density at radius 2 is 2.00 bits per heavy atom. The number of hydrogen-bond donors (Lipinski definition) is 1. The van der Waals surface area contributed by atoms with Gasteiger partial charge < -0.3 is 9.84 Å². The molecule has 0 amide bonds. The van der Waals surface area contributed by atoms with Gasteiger partial charge in [0.05, 0.1) is 0 Å². The van der Waals surface area contributed by atoms with Gasteiger partial charge in [-0.15, -0.1) is 0 Å². The highest BCUT2D eigenvalue weighted by molar-refractivity contribution is 5.90. The zero-order chi connectivity index (χ0) is 12.0. The molecule has 0 aliphatic heterocycles. The van der Waals surface area contributed by atoms with E-state index in [-0.39, 0.29) is 6.61 Å². The van der Waals surface area contributed by atoms with Crippen molar-refractivity contribution >= 4 is 11.9 Å². The van der Waals surface area contributed by atoms with Crippen LogP contribution >= 0.6 is 0 Å². The number of aryl methyl sites for hydroxylation is 1. The highest BCUT2D eigenvalue weighted by atomic mass is 16.5. The Balaban J connectivity index is 2.49. The number of carbonyl (C=O) groups excluding carboxylic acids is 1. The van der Waals surface area contributed by atoms with E-state index in [1.807, 2.05) is 31.2 Å². The molecule has 1 aromatic carbocycles. The second-order valence-corrected chi connectivity index (χ2v) is 3.21. The summed E-state index contributed by atoms with van der Waals surface area (Å²) in [5.41, 5.74) is 1.93. The Bertz CT molecular complexity index is 421. The van der Waals surface area contributed by atoms with E-state index in [9.17, 15) is 9.59 Å². The molecule has 0 aromatic heterocycles. The number of esters is 1. The minimum absolute atomic E-state index is 0.148. The van der Waals surface area contributed by atoms with Crippen molar-refractivity contribution in [3.05, 3.63) is 47.5 Å². The Labute approximate surface area is 93.2 Å². The van der Waals surface area contributed by atoms with Gasteiger partial charge in [0, 0.05) is 12.2 Å². The number of ether oxygens (including phenoxy) is 1. The molecule has 0 saturated carbocycles. The third kappa shape index (κ3) is 3.96. The van der Waals surface area contributed by atoms with E-state index >= 15 is 0 Å². The first-order chi connectivity index (χ1) is 7.59. The van der Waals surface area contributed by atoms with Crippen LogP contribution < -0.4 is 0 Å². The Morgan fingerprint density at radius 1 is 1.31 bits per heavy atom. The topological polar surface area (TPSA) is 63.6 Å². The summed E-state index contributed by atoms with van der Waals surface area (Å²) in [6.07, 6.45) is 1.64. The number of carbonyl (C=O) groups is 2. The summed E-state index contributed by atoms with van der Waals surface area (Å²) in [5, 5.41) is 8.30. The highest BCUT2D eigenvalue weighted by Gasteiger charge is 2.01. The van der Waals surface area contributed by atoms with Crippen LogP contribution in [0.3, 0.4) is 0 Å². The summed E-state index contributed by atoms with van der Waals surface area (Å²) in [5.74, 6) is -1.83. The third-order valence-corrected chi connectivity index (χ3v) is 1.99. The largest absolute Gasteiger partial charge is 0.478 e. The van der Waals surface area contributed by atoms with Crippen LogP contribution in [0, 0.1) is 6.92 Å². The van der Waals surface area contributed by atoms with Gasteiger partial charge in [-0.25, -0.2) is 9.59 Å². The van der Waals surface area contributed by atoms with Crippen molar-refractivity contribution < 1.29 is 19.4 Å². The van der Waals surface area contributed by atoms with Gasteiger partial charge >= 0.3 is 11.9 Å². The maximum Gasteiger partial charge on any atom is 0.331 e. The first-order valence-electron chi connectivity index (χ1n) is 4.72. The van der Waals surface area contributed by atoms with Crippen LogP contribution in [0.15, 0.2) is 36.4 Å². The van der Waals surface area contributed by atoms with E-state index in [0.717, 1.165) is 23.3 Å². The van der Waals surface area contributed by atoms with Gasteiger partial charge in [-0.1, -0.05) is 24.3 Å². The average molecular weight is 220 g/mol. The molecule has 0 heterocycles. The lowest BCUT2D eigenvalue weighted by molar-refractivity contribution is -0.139. The quantitative estimate of drug-likeness (QED) is 0.619. The van der Waals surface area contributed by atoms with Crippen LogP contribution in [0.25, 0.3) is 0 Å². The number of hydrogen-bond acceptors (Lipinski definition) is 3. The molecule has 0 radical (unpaired) electrons. The Hall–Kier alpha value is -2.10. The van der Waals surface area contributed by atoms with Gasteiger partial charge in [-0.05, 0) is 18.1 Å². The van der Waals surface area contributed by atoms with Crippen molar-refractivity contribution in [2.24, 2.45) is 0 Å². The molecule has 0 atom stereocenters. The average Bonchev–Trinajstić information content (AvgIpc) is 2.25. The maximum absolute atomic E-state index is 11.1. The van der Waals surface area contributed by atoms with Crippen molar-refractivity contribution in [2.75, 3.05) is 0 Å². The van der Waals surface area contributed by atoms with Crippen LogP contribution in [0.2, 0.25) is 0 Å². The molecule has 0 saturated heterocycles. The smallest absolute Gasteiger partial charge is 0.331 e. The highest BCUT2D eigenvalue weighted by Crippen LogP contribution is 2.08. The summed E-state index contributed by atoms with van der Waals surface area (Å²) in [7, 11) is 0. The predicted octanol–water partition coefficient (Wildman–Crippen LogP) is 1.68. The molecule has 16 heavy (non-hydrogen) atoms. The first-order valence-corrected chi connectivity index (χ1v) is 4.72. The van der Waals surface area contributed by atoms with Crippen LogP contribution in [0.4, 0.5) is 0 Å². The fourth-order valence-corrected chi connectivity index (χ4v) is 1.11. The molecule has 1 N–H and O–H groups in total. The number of carboxylic acid groups (broad SMARTS) is 1. The van der Waals surface area contributed by atoms with E-state index in [1.54, 1.807) is 0 Å². The summed E-state index contributed by atoms with van der Waals surface area (Å²) in [6, 6.07) is 7.51. The van der Waals surface area contributed by atoms with E-state index < -0.39 is 11.9 Å². The SMILES string of the molecule is Cc1ccccc1COC(=O)C=CC(=O)O. The molecule has 4 heteroatoms. The van der Waals surface area contributed by atoms with Crippen molar-refractivity contribution in [1.82, 2.24) is 0 Å². The standard InChI is InChI=1S/C12H12O4/c1-9-4-2-3-5-10(9)8-16-12(15)7-6-11(13)14/h2-7H,8H2,1H3,(H,13,14). The van der Waals surface area contributed by atoms with Crippen molar-refractivity contribution in [2.45, 2.75) is 13.5 Å². The van der Waals surface area contributed by atoms with E-state index in [4.69, 9.17) is 9.84 Å². The van der Waals surface area contributed by atoms with Gasteiger partial charge in [-0.3, -0.25) is 0 Å². The van der Waals surface area contributed by atoms with Crippen LogP contribution in [0.5, 0.6) is 0 Å². The van der Waals surface area contributed by atoms with Crippen molar-refractivity contribution in [3.63, 3.8) is 0 Å². The molecule has 84 valence electrons. The molecule has 1 aromatic rings. The van der Waals surface area contributed by atoms with Gasteiger partial charge in [0.1, 0.15) is 6.61 Å². The summed E-state index contributed by atoms with van der Waals surface area (Å²) in [4.78, 5) is 21.2. The lowest BCUT2D eigenvalue weighted by Crippen LogP contribution is -2.03. The molecule has 0 bridgehead atoms. The van der Waals surface area contributed by atoms with E-state index in [2.05, 4.69) is 0 Å². The maximum atomic E-state index is 11.1. The van der Waals surface area contributed by atoms with Crippen LogP contribution in [-0.4, -0.2) is 17.0 Å². The molecule has 0 aliphatic rings. The number of carboxylic acids is 1. The number of benzene rings is 1. The molecule has 0 unspecified atom stereocenters. The lowest BCUT2D eigenvalue weighted by Gasteiger charge is -2.04. The monoisotopic (exact) mass is 220 g/mol. The van der Waals surface area contributed by atoms with Gasteiger partial charge in [-0.2, -0.15) is 0 Å². The van der Waals surface area contributed by atoms with Crippen molar-refractivity contribution in [3.8, 4) is 0 Å². The normalized spacial score (nSPS) is 10.3. The lowest BCUT2D eigenvalue weighted by atomic mass is 10.1.